The number of rotatable bonds is 7. The zero-order chi connectivity index (χ0) is 19.4. The van der Waals surface area contributed by atoms with E-state index in [-0.39, 0.29) is 24.1 Å². The topological polar surface area (TPSA) is 49.9 Å². The van der Waals surface area contributed by atoms with E-state index >= 15 is 0 Å². The zero-order valence-corrected chi connectivity index (χ0v) is 16.5. The number of halogens is 1. The van der Waals surface area contributed by atoms with Gasteiger partial charge in [-0.2, -0.15) is 4.31 Å². The third kappa shape index (κ3) is 4.66. The Morgan fingerprint density at radius 1 is 1.11 bits per heavy atom. The van der Waals surface area contributed by atoms with Gasteiger partial charge in [-0.05, 0) is 42.7 Å². The van der Waals surface area contributed by atoms with Crippen molar-refractivity contribution in [1.82, 2.24) is 4.31 Å². The Bertz CT molecular complexity index is 863. The lowest BCUT2D eigenvalue weighted by Gasteiger charge is -2.25. The van der Waals surface area contributed by atoms with E-state index in [0.717, 1.165) is 24.1 Å². The Labute approximate surface area is 160 Å². The van der Waals surface area contributed by atoms with Gasteiger partial charge in [0.2, 0.25) is 10.0 Å². The van der Waals surface area contributed by atoms with Crippen LogP contribution < -0.4 is 4.90 Å². The minimum atomic E-state index is -3.98. The van der Waals surface area contributed by atoms with Gasteiger partial charge in [0, 0.05) is 39.5 Å². The predicted octanol–water partition coefficient (Wildman–Crippen LogP) is 3.26. The van der Waals surface area contributed by atoms with Crippen molar-refractivity contribution in [3.63, 3.8) is 0 Å². The monoisotopic (exact) mass is 392 g/mol. The highest BCUT2D eigenvalue weighted by Gasteiger charge is 2.31. The van der Waals surface area contributed by atoms with Gasteiger partial charge in [-0.1, -0.05) is 24.3 Å². The number of ether oxygens (including phenoxy) is 1. The summed E-state index contributed by atoms with van der Waals surface area (Å²) in [6.07, 6.45) is 1.56. The van der Waals surface area contributed by atoms with Crippen LogP contribution in [0.25, 0.3) is 0 Å². The second-order valence-corrected chi connectivity index (χ2v) is 8.83. The summed E-state index contributed by atoms with van der Waals surface area (Å²) in [7, 11) is -0.0843. The molecular formula is C20H25FN2O3S. The summed E-state index contributed by atoms with van der Waals surface area (Å²) in [6, 6.07) is 13.2. The van der Waals surface area contributed by atoms with E-state index in [2.05, 4.69) is 0 Å². The van der Waals surface area contributed by atoms with Crippen LogP contribution in [0.1, 0.15) is 18.4 Å². The lowest BCUT2D eigenvalue weighted by molar-refractivity contribution is 0.0925. The van der Waals surface area contributed by atoms with Gasteiger partial charge in [0.1, 0.15) is 10.7 Å². The smallest absolute Gasteiger partial charge is 0.246 e. The first kappa shape index (κ1) is 19.8. The molecule has 0 bridgehead atoms. The van der Waals surface area contributed by atoms with E-state index in [9.17, 15) is 12.8 Å². The summed E-state index contributed by atoms with van der Waals surface area (Å²) in [6.45, 7) is 1.02. The molecule has 1 aliphatic heterocycles. The normalized spacial score (nSPS) is 17.4. The molecule has 1 fully saturated rings. The van der Waals surface area contributed by atoms with Gasteiger partial charge < -0.3 is 9.64 Å². The average molecular weight is 392 g/mol. The molecule has 3 rings (SSSR count). The van der Waals surface area contributed by atoms with Gasteiger partial charge in [0.15, 0.2) is 0 Å². The van der Waals surface area contributed by atoms with E-state index < -0.39 is 15.8 Å². The Morgan fingerprint density at radius 2 is 1.81 bits per heavy atom. The standard InChI is InChI=1S/C20H25FN2O3S/c1-22(2)17-11-9-16(10-12-17)14-23(15-18-6-5-13-26-18)27(24,25)20-8-4-3-7-19(20)21/h3-4,7-12,18H,5-6,13-15H2,1-2H3/t18-/m0/s1. The molecule has 0 unspecified atom stereocenters. The first-order chi connectivity index (χ1) is 12.9. The Morgan fingerprint density at radius 3 is 2.41 bits per heavy atom. The Kier molecular flexibility index (Phi) is 6.14. The Balaban J connectivity index is 1.89. The molecule has 0 radical (unpaired) electrons. The van der Waals surface area contributed by atoms with Crippen LogP contribution in [0, 0.1) is 5.82 Å². The van der Waals surface area contributed by atoms with Gasteiger partial charge in [-0.3, -0.25) is 0 Å². The number of hydrogen-bond acceptors (Lipinski definition) is 4. The van der Waals surface area contributed by atoms with E-state index in [1.807, 2.05) is 43.3 Å². The van der Waals surface area contributed by atoms with Crippen LogP contribution in [-0.2, 0) is 21.3 Å². The maximum atomic E-state index is 14.2. The minimum Gasteiger partial charge on any atom is -0.378 e. The molecule has 1 heterocycles. The highest BCUT2D eigenvalue weighted by atomic mass is 32.2. The maximum Gasteiger partial charge on any atom is 0.246 e. The molecule has 0 spiro atoms. The Hall–Kier alpha value is -1.96. The summed E-state index contributed by atoms with van der Waals surface area (Å²) in [5.74, 6) is -0.738. The van der Waals surface area contributed by atoms with Crippen LogP contribution in [0.5, 0.6) is 0 Å². The zero-order valence-electron chi connectivity index (χ0n) is 15.6. The van der Waals surface area contributed by atoms with Gasteiger partial charge in [-0.15, -0.1) is 0 Å². The molecule has 5 nitrogen and oxygen atoms in total. The third-order valence-electron chi connectivity index (χ3n) is 4.70. The molecule has 1 aliphatic rings. The second kappa shape index (κ2) is 8.37. The summed E-state index contributed by atoms with van der Waals surface area (Å²) < 4.78 is 47.4. The predicted molar refractivity (Wildman–Crippen MR) is 104 cm³/mol. The molecule has 0 saturated carbocycles. The molecule has 146 valence electrons. The van der Waals surface area contributed by atoms with Crippen molar-refractivity contribution in [1.29, 1.82) is 0 Å². The molecule has 0 N–H and O–H groups in total. The lowest BCUT2D eigenvalue weighted by atomic mass is 10.2. The summed E-state index contributed by atoms with van der Waals surface area (Å²) >= 11 is 0. The van der Waals surface area contributed by atoms with Crippen LogP contribution in [0.3, 0.4) is 0 Å². The number of hydrogen-bond donors (Lipinski definition) is 0. The molecule has 1 saturated heterocycles. The van der Waals surface area contributed by atoms with E-state index in [4.69, 9.17) is 4.74 Å². The molecule has 0 aliphatic carbocycles. The molecule has 1 atom stereocenters. The van der Waals surface area contributed by atoms with Crippen LogP contribution in [0.2, 0.25) is 0 Å². The van der Waals surface area contributed by atoms with Crippen LogP contribution in [-0.4, -0.2) is 46.1 Å². The lowest BCUT2D eigenvalue weighted by Crippen LogP contribution is -2.37. The third-order valence-corrected chi connectivity index (χ3v) is 6.54. The van der Waals surface area contributed by atoms with Crippen molar-refractivity contribution in [3.8, 4) is 0 Å². The number of anilines is 1. The molecule has 7 heteroatoms. The molecule has 0 aromatic heterocycles. The first-order valence-electron chi connectivity index (χ1n) is 9.00. The van der Waals surface area contributed by atoms with Gasteiger partial charge in [0.05, 0.1) is 6.10 Å². The summed E-state index contributed by atoms with van der Waals surface area (Å²) in [4.78, 5) is 1.68. The molecule has 2 aromatic carbocycles. The molecule has 0 amide bonds. The van der Waals surface area contributed by atoms with Crippen LogP contribution in [0.15, 0.2) is 53.4 Å². The van der Waals surface area contributed by atoms with E-state index in [1.165, 1.54) is 28.6 Å². The summed E-state index contributed by atoms with van der Waals surface area (Å²) in [5.41, 5.74) is 1.87. The van der Waals surface area contributed by atoms with Crippen LogP contribution >= 0.6 is 0 Å². The highest BCUT2D eigenvalue weighted by molar-refractivity contribution is 7.89. The van der Waals surface area contributed by atoms with Gasteiger partial charge >= 0.3 is 0 Å². The molecule has 27 heavy (non-hydrogen) atoms. The summed E-state index contributed by atoms with van der Waals surface area (Å²) in [5, 5.41) is 0. The number of nitrogens with zero attached hydrogens (tertiary/aromatic N) is 2. The average Bonchev–Trinajstić information content (AvgIpc) is 3.15. The fourth-order valence-corrected chi connectivity index (χ4v) is 4.68. The van der Waals surface area contributed by atoms with Crippen LogP contribution in [0.4, 0.5) is 10.1 Å². The van der Waals surface area contributed by atoms with Crippen molar-refractivity contribution in [2.45, 2.75) is 30.4 Å². The SMILES string of the molecule is CN(C)c1ccc(CN(C[C@@H]2CCCO2)S(=O)(=O)c2ccccc2F)cc1. The number of sulfonamides is 1. The van der Waals surface area contributed by atoms with E-state index in [1.54, 1.807) is 0 Å². The van der Waals surface area contributed by atoms with Crippen molar-refractivity contribution in [2.75, 3.05) is 32.1 Å². The van der Waals surface area contributed by atoms with Crippen molar-refractivity contribution < 1.29 is 17.5 Å². The number of benzene rings is 2. The fraction of sp³-hybridized carbons (Fsp3) is 0.400. The van der Waals surface area contributed by atoms with Gasteiger partial charge in [0.25, 0.3) is 0 Å². The fourth-order valence-electron chi connectivity index (χ4n) is 3.16. The molecular weight excluding hydrogens is 367 g/mol. The van der Waals surface area contributed by atoms with Gasteiger partial charge in [-0.25, -0.2) is 12.8 Å². The van der Waals surface area contributed by atoms with Crippen molar-refractivity contribution in [3.05, 3.63) is 59.9 Å². The highest BCUT2D eigenvalue weighted by Crippen LogP contribution is 2.24. The molecule has 2 aromatic rings. The maximum absolute atomic E-state index is 14.2. The minimum absolute atomic E-state index is 0.160. The largest absolute Gasteiger partial charge is 0.378 e. The first-order valence-corrected chi connectivity index (χ1v) is 10.4. The second-order valence-electron chi connectivity index (χ2n) is 6.92. The van der Waals surface area contributed by atoms with Crippen molar-refractivity contribution in [2.24, 2.45) is 0 Å². The van der Waals surface area contributed by atoms with Crippen molar-refractivity contribution >= 4 is 15.7 Å². The quantitative estimate of drug-likeness (QED) is 0.726. The van der Waals surface area contributed by atoms with E-state index in [0.29, 0.717) is 6.61 Å².